The first kappa shape index (κ1) is 23.8. The van der Waals surface area contributed by atoms with Crippen LogP contribution in [0.25, 0.3) is 16.9 Å². The SMILES string of the molecule is CCCCNc1c(-c2ccc(NC(C)=O)cc2)nc2c(C(=O)NC3CCC(N)CC3)cccn12. The van der Waals surface area contributed by atoms with Gasteiger partial charge in [-0.1, -0.05) is 25.5 Å². The number of unbranched alkanes of at least 4 members (excludes halogenated alkanes) is 1. The number of hydrogen-bond acceptors (Lipinski definition) is 5. The van der Waals surface area contributed by atoms with Crippen molar-refractivity contribution in [3.63, 3.8) is 0 Å². The van der Waals surface area contributed by atoms with E-state index in [0.717, 1.165) is 67.8 Å². The lowest BCUT2D eigenvalue weighted by molar-refractivity contribution is -0.114. The Labute approximate surface area is 200 Å². The Hall–Kier alpha value is -3.39. The van der Waals surface area contributed by atoms with Crippen LogP contribution in [0.2, 0.25) is 0 Å². The maximum Gasteiger partial charge on any atom is 0.255 e. The van der Waals surface area contributed by atoms with Crippen molar-refractivity contribution in [3.05, 3.63) is 48.2 Å². The molecule has 5 N–H and O–H groups in total. The monoisotopic (exact) mass is 462 g/mol. The summed E-state index contributed by atoms with van der Waals surface area (Å²) in [5.74, 6) is 0.635. The predicted octanol–water partition coefficient (Wildman–Crippen LogP) is 4.17. The van der Waals surface area contributed by atoms with Gasteiger partial charge >= 0.3 is 0 Å². The summed E-state index contributed by atoms with van der Waals surface area (Å²) >= 11 is 0. The average molecular weight is 463 g/mol. The van der Waals surface area contributed by atoms with Crippen LogP contribution in [0.4, 0.5) is 11.5 Å². The number of rotatable bonds is 8. The number of amides is 2. The molecule has 1 aliphatic rings. The van der Waals surface area contributed by atoms with Crippen molar-refractivity contribution < 1.29 is 9.59 Å². The molecule has 0 bridgehead atoms. The number of carbonyl (C=O) groups is 2. The van der Waals surface area contributed by atoms with Gasteiger partial charge in [0.1, 0.15) is 11.5 Å². The van der Waals surface area contributed by atoms with Gasteiger partial charge in [0.2, 0.25) is 5.91 Å². The van der Waals surface area contributed by atoms with Gasteiger partial charge in [0.25, 0.3) is 5.91 Å². The predicted molar refractivity (Wildman–Crippen MR) is 136 cm³/mol. The van der Waals surface area contributed by atoms with E-state index < -0.39 is 0 Å². The van der Waals surface area contributed by atoms with Gasteiger partial charge in [-0.3, -0.25) is 14.0 Å². The minimum absolute atomic E-state index is 0.108. The number of hydrogen-bond donors (Lipinski definition) is 4. The van der Waals surface area contributed by atoms with E-state index in [0.29, 0.717) is 11.2 Å². The highest BCUT2D eigenvalue weighted by molar-refractivity contribution is 6.01. The van der Waals surface area contributed by atoms with Gasteiger partial charge in [-0.25, -0.2) is 4.98 Å². The second kappa shape index (κ2) is 10.7. The molecule has 4 rings (SSSR count). The zero-order valence-corrected chi connectivity index (χ0v) is 19.9. The second-order valence-electron chi connectivity index (χ2n) is 9.05. The summed E-state index contributed by atoms with van der Waals surface area (Å²) in [6.45, 7) is 4.44. The molecule has 8 heteroatoms. The number of pyridine rings is 1. The van der Waals surface area contributed by atoms with E-state index in [9.17, 15) is 9.59 Å². The van der Waals surface area contributed by atoms with Gasteiger partial charge < -0.3 is 21.7 Å². The molecule has 1 fully saturated rings. The molecule has 2 heterocycles. The number of fused-ring (bicyclic) bond motifs is 1. The van der Waals surface area contributed by atoms with Crippen LogP contribution in [0.15, 0.2) is 42.6 Å². The van der Waals surface area contributed by atoms with Crippen molar-refractivity contribution >= 4 is 29.0 Å². The standard InChI is InChI=1S/C26H34N6O2/c1-3-4-15-28-25-23(18-7-11-20(12-8-18)29-17(2)33)31-24-22(6-5-16-32(24)25)26(34)30-21-13-9-19(27)10-14-21/h5-8,11-12,16,19,21,28H,3-4,9-10,13-15,27H2,1-2H3,(H,29,33)(H,30,34). The van der Waals surface area contributed by atoms with Gasteiger partial charge in [-0.2, -0.15) is 0 Å². The smallest absolute Gasteiger partial charge is 0.255 e. The zero-order chi connectivity index (χ0) is 24.1. The molecule has 2 aromatic heterocycles. The van der Waals surface area contributed by atoms with E-state index in [-0.39, 0.29) is 23.9 Å². The maximum absolute atomic E-state index is 13.2. The fourth-order valence-corrected chi connectivity index (χ4v) is 4.44. The van der Waals surface area contributed by atoms with E-state index in [2.05, 4.69) is 22.9 Å². The Kier molecular flexibility index (Phi) is 7.47. The van der Waals surface area contributed by atoms with Crippen molar-refractivity contribution in [2.24, 2.45) is 5.73 Å². The first-order chi connectivity index (χ1) is 16.5. The Bertz CT molecular complexity index is 1150. The summed E-state index contributed by atoms with van der Waals surface area (Å²) < 4.78 is 1.96. The molecule has 0 aliphatic heterocycles. The average Bonchev–Trinajstić information content (AvgIpc) is 3.19. The molecule has 0 unspecified atom stereocenters. The topological polar surface area (TPSA) is 114 Å². The van der Waals surface area contributed by atoms with E-state index in [1.165, 1.54) is 6.92 Å². The molecule has 34 heavy (non-hydrogen) atoms. The minimum atomic E-state index is -0.113. The van der Waals surface area contributed by atoms with Crippen molar-refractivity contribution in [3.8, 4) is 11.3 Å². The minimum Gasteiger partial charge on any atom is -0.369 e. The molecule has 1 aliphatic carbocycles. The number of nitrogens with two attached hydrogens (primary N) is 1. The van der Waals surface area contributed by atoms with Gasteiger partial charge in [-0.05, 0) is 56.4 Å². The molecule has 1 aromatic carbocycles. The third-order valence-corrected chi connectivity index (χ3v) is 6.30. The number of nitrogens with zero attached hydrogens (tertiary/aromatic N) is 2. The van der Waals surface area contributed by atoms with Crippen LogP contribution in [0, 0.1) is 0 Å². The molecule has 0 spiro atoms. The summed E-state index contributed by atoms with van der Waals surface area (Å²) in [7, 11) is 0. The Morgan fingerprint density at radius 1 is 1.12 bits per heavy atom. The van der Waals surface area contributed by atoms with E-state index in [1.54, 1.807) is 0 Å². The fourth-order valence-electron chi connectivity index (χ4n) is 4.44. The number of benzene rings is 1. The number of nitrogens with one attached hydrogen (secondary N) is 3. The Balaban J connectivity index is 1.68. The van der Waals surface area contributed by atoms with E-state index >= 15 is 0 Å². The lowest BCUT2D eigenvalue weighted by Crippen LogP contribution is -2.40. The summed E-state index contributed by atoms with van der Waals surface area (Å²) in [4.78, 5) is 29.5. The number of carbonyl (C=O) groups excluding carboxylic acids is 2. The Morgan fingerprint density at radius 2 is 1.85 bits per heavy atom. The summed E-state index contributed by atoms with van der Waals surface area (Å²) in [5.41, 5.74) is 9.60. The summed E-state index contributed by atoms with van der Waals surface area (Å²) in [5, 5.41) is 9.50. The molecule has 1 saturated carbocycles. The highest BCUT2D eigenvalue weighted by atomic mass is 16.2. The van der Waals surface area contributed by atoms with Gasteiger partial charge in [0, 0.05) is 43.0 Å². The molecule has 0 atom stereocenters. The van der Waals surface area contributed by atoms with Gasteiger partial charge in [0.15, 0.2) is 5.65 Å². The molecule has 0 saturated heterocycles. The van der Waals surface area contributed by atoms with Crippen LogP contribution < -0.4 is 21.7 Å². The lowest BCUT2D eigenvalue weighted by Gasteiger charge is -2.26. The van der Waals surface area contributed by atoms with E-state index in [4.69, 9.17) is 10.7 Å². The lowest BCUT2D eigenvalue weighted by atomic mass is 9.91. The molecule has 3 aromatic rings. The molecule has 2 amide bonds. The first-order valence-electron chi connectivity index (χ1n) is 12.2. The molecule has 0 radical (unpaired) electrons. The number of imidazole rings is 1. The highest BCUT2D eigenvalue weighted by Crippen LogP contribution is 2.31. The summed E-state index contributed by atoms with van der Waals surface area (Å²) in [6.07, 6.45) is 7.70. The molecule has 8 nitrogen and oxygen atoms in total. The van der Waals surface area contributed by atoms with Crippen molar-refractivity contribution in [1.82, 2.24) is 14.7 Å². The molecular weight excluding hydrogens is 428 g/mol. The first-order valence-corrected chi connectivity index (χ1v) is 12.2. The maximum atomic E-state index is 13.2. The van der Waals surface area contributed by atoms with Crippen LogP contribution in [-0.4, -0.2) is 39.8 Å². The molecule has 180 valence electrons. The quantitative estimate of drug-likeness (QED) is 0.375. The van der Waals surface area contributed by atoms with Crippen LogP contribution in [-0.2, 0) is 4.79 Å². The Morgan fingerprint density at radius 3 is 2.53 bits per heavy atom. The number of aromatic nitrogens is 2. The van der Waals surface area contributed by atoms with Crippen LogP contribution in [0.1, 0.15) is 62.7 Å². The fraction of sp³-hybridized carbons (Fsp3) is 0.423. The normalized spacial score (nSPS) is 18.0. The van der Waals surface area contributed by atoms with Crippen molar-refractivity contribution in [1.29, 1.82) is 0 Å². The van der Waals surface area contributed by atoms with Gasteiger partial charge in [0.05, 0.1) is 5.56 Å². The van der Waals surface area contributed by atoms with Crippen LogP contribution >= 0.6 is 0 Å². The largest absolute Gasteiger partial charge is 0.369 e. The summed E-state index contributed by atoms with van der Waals surface area (Å²) in [6, 6.07) is 11.7. The third kappa shape index (κ3) is 5.39. The second-order valence-corrected chi connectivity index (χ2v) is 9.05. The van der Waals surface area contributed by atoms with Crippen LogP contribution in [0.5, 0.6) is 0 Å². The molecular formula is C26H34N6O2. The zero-order valence-electron chi connectivity index (χ0n) is 19.9. The van der Waals surface area contributed by atoms with Crippen molar-refractivity contribution in [2.45, 2.75) is 64.5 Å². The number of anilines is 2. The van der Waals surface area contributed by atoms with Crippen LogP contribution in [0.3, 0.4) is 0 Å². The van der Waals surface area contributed by atoms with Crippen molar-refractivity contribution in [2.75, 3.05) is 17.2 Å². The van der Waals surface area contributed by atoms with Gasteiger partial charge in [-0.15, -0.1) is 0 Å². The van der Waals surface area contributed by atoms with E-state index in [1.807, 2.05) is 47.0 Å². The highest BCUT2D eigenvalue weighted by Gasteiger charge is 2.23. The third-order valence-electron chi connectivity index (χ3n) is 6.30.